The van der Waals surface area contributed by atoms with Gasteiger partial charge in [-0.2, -0.15) is 5.10 Å². The lowest BCUT2D eigenvalue weighted by Gasteiger charge is -2.22. The molecule has 1 saturated heterocycles. The van der Waals surface area contributed by atoms with Crippen molar-refractivity contribution in [1.82, 2.24) is 15.1 Å². The largest absolute Gasteiger partial charge is 0.353 e. The summed E-state index contributed by atoms with van der Waals surface area (Å²) in [6, 6.07) is 5.20. The summed E-state index contributed by atoms with van der Waals surface area (Å²) in [6.45, 7) is 4.52. The quantitative estimate of drug-likeness (QED) is 0.624. The molecule has 2 aromatic rings. The lowest BCUT2D eigenvalue weighted by Crippen LogP contribution is -2.35. The third kappa shape index (κ3) is 3.51. The molecule has 24 heavy (non-hydrogen) atoms. The molecule has 3 heterocycles. The van der Waals surface area contributed by atoms with Crippen LogP contribution in [0.1, 0.15) is 22.5 Å². The number of carbonyl (C=O) groups is 1. The fraction of sp³-hybridized carbons (Fsp3) is 0.400. The average molecular weight is 347 g/mol. The molecule has 1 amide bonds. The van der Waals surface area contributed by atoms with Crippen molar-refractivity contribution in [3.63, 3.8) is 0 Å². The monoisotopic (exact) mass is 347 g/mol. The van der Waals surface area contributed by atoms with Crippen LogP contribution in [0.4, 0.5) is 10.8 Å². The molecular formula is C15H17N5O3S. The van der Waals surface area contributed by atoms with Crippen LogP contribution in [0.15, 0.2) is 23.6 Å². The van der Waals surface area contributed by atoms with Crippen LogP contribution in [0, 0.1) is 17.0 Å². The number of carbonyl (C=O) groups excluding carboxylic acids is 1. The van der Waals surface area contributed by atoms with Gasteiger partial charge in [0.2, 0.25) is 0 Å². The molecule has 0 N–H and O–H groups in total. The van der Waals surface area contributed by atoms with Crippen molar-refractivity contribution in [1.29, 1.82) is 0 Å². The van der Waals surface area contributed by atoms with E-state index in [1.54, 1.807) is 10.3 Å². The number of amides is 1. The summed E-state index contributed by atoms with van der Waals surface area (Å²) in [5.41, 5.74) is 1.25. The Morgan fingerprint density at radius 2 is 2.08 bits per heavy atom. The van der Waals surface area contributed by atoms with Crippen LogP contribution in [-0.4, -0.2) is 52.1 Å². The van der Waals surface area contributed by atoms with Gasteiger partial charge in [-0.25, -0.2) is 0 Å². The van der Waals surface area contributed by atoms with Gasteiger partial charge in [-0.1, -0.05) is 11.3 Å². The molecule has 0 spiro atoms. The van der Waals surface area contributed by atoms with E-state index >= 15 is 0 Å². The number of aryl methyl sites for hydroxylation is 1. The van der Waals surface area contributed by atoms with Gasteiger partial charge in [-0.3, -0.25) is 14.9 Å². The number of thiophene rings is 1. The molecule has 0 unspecified atom stereocenters. The van der Waals surface area contributed by atoms with Crippen LogP contribution in [0.3, 0.4) is 0 Å². The minimum Gasteiger partial charge on any atom is -0.353 e. The van der Waals surface area contributed by atoms with E-state index in [1.807, 2.05) is 19.1 Å². The number of hydrogen-bond donors (Lipinski definition) is 0. The second kappa shape index (κ2) is 6.91. The lowest BCUT2D eigenvalue weighted by atomic mass is 10.2. The van der Waals surface area contributed by atoms with Crippen molar-refractivity contribution in [3.05, 3.63) is 45.0 Å². The summed E-state index contributed by atoms with van der Waals surface area (Å²) in [4.78, 5) is 26.7. The van der Waals surface area contributed by atoms with Gasteiger partial charge in [0.05, 0.1) is 16.2 Å². The summed E-state index contributed by atoms with van der Waals surface area (Å²) in [5, 5.41) is 20.6. The van der Waals surface area contributed by atoms with E-state index in [1.165, 1.54) is 6.07 Å². The number of anilines is 1. The Balaban J connectivity index is 1.67. The first-order chi connectivity index (χ1) is 11.5. The van der Waals surface area contributed by atoms with Crippen LogP contribution in [0.25, 0.3) is 0 Å². The van der Waals surface area contributed by atoms with Crippen molar-refractivity contribution in [3.8, 4) is 0 Å². The summed E-state index contributed by atoms with van der Waals surface area (Å²) in [6.07, 6.45) is 0.813. The number of nitrogens with zero attached hydrogens (tertiary/aromatic N) is 5. The van der Waals surface area contributed by atoms with Crippen LogP contribution in [0.2, 0.25) is 0 Å². The first-order valence-electron chi connectivity index (χ1n) is 7.62. The Hall–Kier alpha value is -2.55. The highest BCUT2D eigenvalue weighted by molar-refractivity contribution is 7.13. The van der Waals surface area contributed by atoms with Gasteiger partial charge in [0.1, 0.15) is 0 Å². The second-order valence-corrected chi connectivity index (χ2v) is 6.49. The van der Waals surface area contributed by atoms with Crippen LogP contribution < -0.4 is 4.90 Å². The number of aromatic nitrogens is 2. The predicted octanol–water partition coefficient (Wildman–Crippen LogP) is 2.11. The maximum Gasteiger partial charge on any atom is 0.324 e. The van der Waals surface area contributed by atoms with E-state index < -0.39 is 4.92 Å². The van der Waals surface area contributed by atoms with Gasteiger partial charge in [-0.05, 0) is 25.5 Å². The summed E-state index contributed by atoms with van der Waals surface area (Å²) < 4.78 is 0. The molecule has 0 saturated carbocycles. The van der Waals surface area contributed by atoms with E-state index in [4.69, 9.17) is 0 Å². The fourth-order valence-electron chi connectivity index (χ4n) is 2.63. The molecule has 126 valence electrons. The van der Waals surface area contributed by atoms with Gasteiger partial charge in [0.25, 0.3) is 5.91 Å². The van der Waals surface area contributed by atoms with Crippen molar-refractivity contribution in [2.45, 2.75) is 13.3 Å². The van der Waals surface area contributed by atoms with Gasteiger partial charge >= 0.3 is 5.00 Å². The normalized spacial score (nSPS) is 15.2. The van der Waals surface area contributed by atoms with Crippen LogP contribution >= 0.6 is 11.3 Å². The highest BCUT2D eigenvalue weighted by Crippen LogP contribution is 2.24. The van der Waals surface area contributed by atoms with Crippen molar-refractivity contribution >= 4 is 28.1 Å². The molecular weight excluding hydrogens is 330 g/mol. The number of rotatable bonds is 3. The molecule has 3 rings (SSSR count). The fourth-order valence-corrected chi connectivity index (χ4v) is 3.32. The number of hydrogen-bond acceptors (Lipinski definition) is 7. The van der Waals surface area contributed by atoms with Crippen LogP contribution in [-0.2, 0) is 0 Å². The lowest BCUT2D eigenvalue weighted by molar-refractivity contribution is -0.380. The zero-order chi connectivity index (χ0) is 17.1. The van der Waals surface area contributed by atoms with E-state index in [-0.39, 0.29) is 10.9 Å². The molecule has 1 aliphatic heterocycles. The molecule has 2 aromatic heterocycles. The molecule has 0 bridgehead atoms. The van der Waals surface area contributed by atoms with Crippen molar-refractivity contribution < 1.29 is 9.72 Å². The van der Waals surface area contributed by atoms with E-state index in [2.05, 4.69) is 15.1 Å². The SMILES string of the molecule is Cc1ccc(N2CCCN(C(=O)c3csc([N+](=O)[O-])c3)CC2)nn1. The Morgan fingerprint density at radius 3 is 2.75 bits per heavy atom. The highest BCUT2D eigenvalue weighted by atomic mass is 32.1. The average Bonchev–Trinajstić information content (AvgIpc) is 2.94. The standard InChI is InChI=1S/C15H17N5O3S/c1-11-3-4-13(17-16-11)18-5-2-6-19(8-7-18)15(21)12-9-14(20(22)23)24-10-12/h3-4,9-10H,2,5-8H2,1H3. The molecule has 0 atom stereocenters. The first kappa shape index (κ1) is 16.3. The topological polar surface area (TPSA) is 92.5 Å². The van der Waals surface area contributed by atoms with Crippen molar-refractivity contribution in [2.24, 2.45) is 0 Å². The van der Waals surface area contributed by atoms with E-state index in [0.717, 1.165) is 35.8 Å². The van der Waals surface area contributed by atoms with E-state index in [9.17, 15) is 14.9 Å². The second-order valence-electron chi connectivity index (χ2n) is 5.60. The van der Waals surface area contributed by atoms with Crippen LogP contribution in [0.5, 0.6) is 0 Å². The molecule has 0 radical (unpaired) electrons. The molecule has 0 aliphatic carbocycles. The summed E-state index contributed by atoms with van der Waals surface area (Å²) in [7, 11) is 0. The first-order valence-corrected chi connectivity index (χ1v) is 8.50. The molecule has 8 nitrogen and oxygen atoms in total. The minimum atomic E-state index is -0.471. The van der Waals surface area contributed by atoms with Gasteiger partial charge < -0.3 is 9.80 Å². The number of nitro groups is 1. The maximum atomic E-state index is 12.5. The summed E-state index contributed by atoms with van der Waals surface area (Å²) in [5.74, 6) is 0.650. The molecule has 1 fully saturated rings. The van der Waals surface area contributed by atoms with Crippen molar-refractivity contribution in [2.75, 3.05) is 31.1 Å². The molecule has 9 heteroatoms. The zero-order valence-electron chi connectivity index (χ0n) is 13.2. The Kier molecular flexibility index (Phi) is 4.70. The van der Waals surface area contributed by atoms with Gasteiger partial charge in [-0.15, -0.1) is 5.10 Å². The molecule has 0 aromatic carbocycles. The highest BCUT2D eigenvalue weighted by Gasteiger charge is 2.23. The molecule has 1 aliphatic rings. The van der Waals surface area contributed by atoms with Gasteiger partial charge in [0, 0.05) is 37.6 Å². The smallest absolute Gasteiger partial charge is 0.324 e. The Labute approximate surface area is 142 Å². The Morgan fingerprint density at radius 1 is 1.25 bits per heavy atom. The Bertz CT molecular complexity index is 746. The third-order valence-corrected chi connectivity index (χ3v) is 4.78. The van der Waals surface area contributed by atoms with Gasteiger partial charge in [0.15, 0.2) is 5.82 Å². The zero-order valence-corrected chi connectivity index (χ0v) is 14.0. The van der Waals surface area contributed by atoms with E-state index in [0.29, 0.717) is 25.2 Å². The maximum absolute atomic E-state index is 12.5. The minimum absolute atomic E-state index is 0.00951. The third-order valence-electron chi connectivity index (χ3n) is 3.90. The predicted molar refractivity (Wildman–Crippen MR) is 90.5 cm³/mol. The summed E-state index contributed by atoms with van der Waals surface area (Å²) >= 11 is 0.979.